The van der Waals surface area contributed by atoms with Gasteiger partial charge in [0.05, 0.1) is 0 Å². The first-order valence-electron chi connectivity index (χ1n) is 4.62. The van der Waals surface area contributed by atoms with Crippen LogP contribution in [-0.4, -0.2) is 35.6 Å². The summed E-state index contributed by atoms with van der Waals surface area (Å²) < 4.78 is 0. The van der Waals surface area contributed by atoms with E-state index in [-0.39, 0.29) is 0 Å². The first-order valence-corrected chi connectivity index (χ1v) is 4.62. The first kappa shape index (κ1) is 9.52. The van der Waals surface area contributed by atoms with Crippen molar-refractivity contribution >= 4 is 5.97 Å². The zero-order chi connectivity index (χ0) is 8.97. The van der Waals surface area contributed by atoms with Gasteiger partial charge in [-0.25, -0.2) is 0 Å². The third-order valence-electron chi connectivity index (χ3n) is 2.25. The number of carboxylic acid groups (broad SMARTS) is 1. The molecule has 0 unspecified atom stereocenters. The molecule has 1 N–H and O–H groups in total. The molecule has 1 heterocycles. The molecule has 1 aliphatic rings. The Balaban J connectivity index is 1.87. The summed E-state index contributed by atoms with van der Waals surface area (Å²) in [7, 11) is 0. The maximum atomic E-state index is 10.2. The largest absolute Gasteiger partial charge is 0.481 e. The molecule has 0 aromatic rings. The zero-order valence-electron chi connectivity index (χ0n) is 7.62. The number of hydrogen-bond donors (Lipinski definition) is 1. The molecule has 0 atom stereocenters. The molecule has 12 heavy (non-hydrogen) atoms. The Hall–Kier alpha value is -0.570. The van der Waals surface area contributed by atoms with Crippen LogP contribution in [0.4, 0.5) is 0 Å². The molecular formula is C9H17NO2. The molecule has 0 saturated carbocycles. The topological polar surface area (TPSA) is 40.5 Å². The van der Waals surface area contributed by atoms with Gasteiger partial charge in [-0.15, -0.1) is 0 Å². The van der Waals surface area contributed by atoms with Crippen LogP contribution < -0.4 is 0 Å². The van der Waals surface area contributed by atoms with E-state index >= 15 is 0 Å². The minimum atomic E-state index is -0.674. The fraction of sp³-hybridized carbons (Fsp3) is 0.889. The van der Waals surface area contributed by atoms with Crippen LogP contribution in [0.3, 0.4) is 0 Å². The molecule has 1 aliphatic heterocycles. The predicted octanol–water partition coefficient (Wildman–Crippen LogP) is 1.19. The quantitative estimate of drug-likeness (QED) is 0.632. The third kappa shape index (κ3) is 3.22. The van der Waals surface area contributed by atoms with Crippen LogP contribution >= 0.6 is 0 Å². The molecule has 3 nitrogen and oxygen atoms in total. The van der Waals surface area contributed by atoms with Crippen LogP contribution in [0.25, 0.3) is 0 Å². The van der Waals surface area contributed by atoms with Gasteiger partial charge in [-0.3, -0.25) is 4.79 Å². The van der Waals surface area contributed by atoms with E-state index in [2.05, 4.69) is 11.8 Å². The number of carbonyl (C=O) groups is 1. The minimum Gasteiger partial charge on any atom is -0.481 e. The molecule has 0 aromatic carbocycles. The van der Waals surface area contributed by atoms with Crippen molar-refractivity contribution in [1.29, 1.82) is 0 Å². The van der Waals surface area contributed by atoms with E-state index in [0.717, 1.165) is 25.3 Å². The highest BCUT2D eigenvalue weighted by atomic mass is 16.4. The zero-order valence-corrected chi connectivity index (χ0v) is 7.62. The number of aliphatic carboxylic acids is 1. The van der Waals surface area contributed by atoms with Crippen molar-refractivity contribution in [1.82, 2.24) is 4.90 Å². The molecule has 1 rings (SSSR count). The normalized spacial score (nSPS) is 19.1. The molecule has 0 radical (unpaired) electrons. The Morgan fingerprint density at radius 2 is 2.17 bits per heavy atom. The SMILES string of the molecule is CC1CN(CCCCC(=O)O)C1. The number of rotatable bonds is 5. The van der Waals surface area contributed by atoms with Gasteiger partial charge in [-0.1, -0.05) is 6.92 Å². The van der Waals surface area contributed by atoms with Gasteiger partial charge in [0.25, 0.3) is 0 Å². The Kier molecular flexibility index (Phi) is 3.53. The van der Waals surface area contributed by atoms with Crippen LogP contribution in [-0.2, 0) is 4.79 Å². The van der Waals surface area contributed by atoms with Gasteiger partial charge in [0.2, 0.25) is 0 Å². The summed E-state index contributed by atoms with van der Waals surface area (Å²) in [6, 6.07) is 0. The lowest BCUT2D eigenvalue weighted by molar-refractivity contribution is -0.137. The second-order valence-corrected chi connectivity index (χ2v) is 3.72. The summed E-state index contributed by atoms with van der Waals surface area (Å²) in [4.78, 5) is 12.5. The van der Waals surface area contributed by atoms with E-state index < -0.39 is 5.97 Å². The van der Waals surface area contributed by atoms with E-state index in [1.807, 2.05) is 0 Å². The van der Waals surface area contributed by atoms with E-state index in [9.17, 15) is 4.79 Å². The van der Waals surface area contributed by atoms with Crippen LogP contribution in [0.2, 0.25) is 0 Å². The van der Waals surface area contributed by atoms with Crippen molar-refractivity contribution in [3.05, 3.63) is 0 Å². The van der Waals surface area contributed by atoms with Crippen molar-refractivity contribution in [2.75, 3.05) is 19.6 Å². The number of unbranched alkanes of at least 4 members (excludes halogenated alkanes) is 1. The molecule has 0 aliphatic carbocycles. The van der Waals surface area contributed by atoms with Gasteiger partial charge in [0.1, 0.15) is 0 Å². The van der Waals surface area contributed by atoms with Crippen LogP contribution in [0.1, 0.15) is 26.2 Å². The monoisotopic (exact) mass is 171 g/mol. The predicted molar refractivity (Wildman–Crippen MR) is 47.1 cm³/mol. The van der Waals surface area contributed by atoms with E-state index in [1.54, 1.807) is 0 Å². The number of likely N-dealkylation sites (tertiary alicyclic amines) is 1. The first-order chi connectivity index (χ1) is 5.68. The standard InChI is InChI=1S/C9H17NO2/c1-8-6-10(7-8)5-3-2-4-9(11)12/h8H,2-7H2,1H3,(H,11,12). The summed E-state index contributed by atoms with van der Waals surface area (Å²) in [6.45, 7) is 5.73. The van der Waals surface area contributed by atoms with Gasteiger partial charge in [-0.05, 0) is 25.3 Å². The maximum absolute atomic E-state index is 10.2. The maximum Gasteiger partial charge on any atom is 0.303 e. The summed E-state index contributed by atoms with van der Waals surface area (Å²) in [5.74, 6) is 0.177. The van der Waals surface area contributed by atoms with E-state index in [1.165, 1.54) is 13.1 Å². The summed E-state index contributed by atoms with van der Waals surface area (Å²) in [5, 5.41) is 8.38. The molecule has 0 amide bonds. The number of nitrogens with zero attached hydrogens (tertiary/aromatic N) is 1. The minimum absolute atomic E-state index is 0.323. The van der Waals surface area contributed by atoms with Crippen molar-refractivity contribution in [2.45, 2.75) is 26.2 Å². The highest BCUT2D eigenvalue weighted by molar-refractivity contribution is 5.66. The lowest BCUT2D eigenvalue weighted by atomic mass is 10.0. The molecule has 70 valence electrons. The van der Waals surface area contributed by atoms with Gasteiger partial charge < -0.3 is 10.0 Å². The average molecular weight is 171 g/mol. The molecule has 1 saturated heterocycles. The fourth-order valence-corrected chi connectivity index (χ4v) is 1.62. The molecule has 0 spiro atoms. The molecule has 3 heteroatoms. The highest BCUT2D eigenvalue weighted by Gasteiger charge is 2.20. The second kappa shape index (κ2) is 4.45. The van der Waals surface area contributed by atoms with Crippen LogP contribution in [0, 0.1) is 5.92 Å². The molecular weight excluding hydrogens is 154 g/mol. The smallest absolute Gasteiger partial charge is 0.303 e. The number of carboxylic acids is 1. The van der Waals surface area contributed by atoms with Gasteiger partial charge in [0, 0.05) is 19.5 Å². The Morgan fingerprint density at radius 3 is 2.67 bits per heavy atom. The van der Waals surface area contributed by atoms with Crippen molar-refractivity contribution in [3.8, 4) is 0 Å². The Labute approximate surface area is 73.4 Å². The highest BCUT2D eigenvalue weighted by Crippen LogP contribution is 2.14. The van der Waals surface area contributed by atoms with E-state index in [0.29, 0.717) is 6.42 Å². The fourth-order valence-electron chi connectivity index (χ4n) is 1.62. The number of hydrogen-bond acceptors (Lipinski definition) is 2. The Morgan fingerprint density at radius 1 is 1.50 bits per heavy atom. The summed E-state index contributed by atoms with van der Waals surface area (Å²) in [6.07, 6.45) is 2.17. The van der Waals surface area contributed by atoms with E-state index in [4.69, 9.17) is 5.11 Å². The van der Waals surface area contributed by atoms with Crippen LogP contribution in [0.5, 0.6) is 0 Å². The van der Waals surface area contributed by atoms with Crippen molar-refractivity contribution < 1.29 is 9.90 Å². The van der Waals surface area contributed by atoms with Crippen LogP contribution in [0.15, 0.2) is 0 Å². The lowest BCUT2D eigenvalue weighted by Crippen LogP contribution is -2.45. The molecule has 1 fully saturated rings. The second-order valence-electron chi connectivity index (χ2n) is 3.72. The van der Waals surface area contributed by atoms with Crippen molar-refractivity contribution in [3.63, 3.8) is 0 Å². The third-order valence-corrected chi connectivity index (χ3v) is 2.25. The Bertz CT molecular complexity index is 153. The summed E-state index contributed by atoms with van der Waals surface area (Å²) >= 11 is 0. The summed E-state index contributed by atoms with van der Waals surface area (Å²) in [5.41, 5.74) is 0. The van der Waals surface area contributed by atoms with Gasteiger partial charge in [-0.2, -0.15) is 0 Å². The molecule has 0 bridgehead atoms. The van der Waals surface area contributed by atoms with Gasteiger partial charge in [0.15, 0.2) is 0 Å². The van der Waals surface area contributed by atoms with Gasteiger partial charge >= 0.3 is 5.97 Å². The lowest BCUT2D eigenvalue weighted by Gasteiger charge is -2.37. The average Bonchev–Trinajstić information content (AvgIpc) is 1.93. The molecule has 0 aromatic heterocycles. The van der Waals surface area contributed by atoms with Crippen molar-refractivity contribution in [2.24, 2.45) is 5.92 Å².